The molecule has 0 aliphatic carbocycles. The van der Waals surface area contributed by atoms with Crippen molar-refractivity contribution in [2.45, 2.75) is 25.6 Å². The van der Waals surface area contributed by atoms with E-state index in [2.05, 4.69) is 26.6 Å². The summed E-state index contributed by atoms with van der Waals surface area (Å²) in [5, 5.41) is 5.46. The highest BCUT2D eigenvalue weighted by Crippen LogP contribution is 2.28. The number of nitrogens with one attached hydrogen (secondary N) is 2. The van der Waals surface area contributed by atoms with E-state index in [4.69, 9.17) is 4.74 Å². The van der Waals surface area contributed by atoms with Crippen LogP contribution in [0.1, 0.15) is 20.8 Å². The Balaban J connectivity index is 2.88. The third kappa shape index (κ3) is 4.52. The van der Waals surface area contributed by atoms with Crippen LogP contribution in [0.25, 0.3) is 0 Å². The SMILES string of the molecule is COc1cc(NC(=O)C(Br)C(C)C)ccc1NC(C)=O. The van der Waals surface area contributed by atoms with Crippen LogP contribution >= 0.6 is 15.9 Å². The number of benzene rings is 1. The van der Waals surface area contributed by atoms with E-state index in [1.54, 1.807) is 18.2 Å². The topological polar surface area (TPSA) is 67.4 Å². The molecule has 0 aromatic heterocycles. The Hall–Kier alpha value is -1.56. The van der Waals surface area contributed by atoms with E-state index in [1.165, 1.54) is 14.0 Å². The maximum Gasteiger partial charge on any atom is 0.238 e. The maximum atomic E-state index is 11.9. The number of ether oxygens (including phenoxy) is 1. The molecule has 1 aromatic rings. The van der Waals surface area contributed by atoms with E-state index >= 15 is 0 Å². The van der Waals surface area contributed by atoms with E-state index in [0.29, 0.717) is 17.1 Å². The summed E-state index contributed by atoms with van der Waals surface area (Å²) in [5.74, 6) is 0.388. The first-order valence-corrected chi connectivity index (χ1v) is 7.17. The number of carbonyl (C=O) groups excluding carboxylic acids is 2. The quantitative estimate of drug-likeness (QED) is 0.808. The highest BCUT2D eigenvalue weighted by atomic mass is 79.9. The van der Waals surface area contributed by atoms with Gasteiger partial charge in [-0.15, -0.1) is 0 Å². The fraction of sp³-hybridized carbons (Fsp3) is 0.429. The number of rotatable bonds is 5. The van der Waals surface area contributed by atoms with Crippen LogP contribution in [0.2, 0.25) is 0 Å². The number of carbonyl (C=O) groups is 2. The molecule has 1 unspecified atom stereocenters. The molecule has 1 atom stereocenters. The number of hydrogen-bond donors (Lipinski definition) is 2. The standard InChI is InChI=1S/C14H19BrN2O3/c1-8(2)13(15)14(19)17-10-5-6-11(16-9(3)18)12(7-10)20-4/h5-8,13H,1-4H3,(H,16,18)(H,17,19). The average molecular weight is 343 g/mol. The van der Waals surface area contributed by atoms with Gasteiger partial charge in [-0.05, 0) is 18.1 Å². The van der Waals surface area contributed by atoms with Gasteiger partial charge in [0.25, 0.3) is 0 Å². The molecule has 1 aromatic carbocycles. The molecule has 0 bridgehead atoms. The first kappa shape index (κ1) is 16.5. The summed E-state index contributed by atoms with van der Waals surface area (Å²) in [5.41, 5.74) is 1.18. The summed E-state index contributed by atoms with van der Waals surface area (Å²) >= 11 is 3.35. The van der Waals surface area contributed by atoms with Gasteiger partial charge in [0.05, 0.1) is 17.6 Å². The second kappa shape index (κ2) is 7.28. The average Bonchev–Trinajstić information content (AvgIpc) is 2.38. The van der Waals surface area contributed by atoms with E-state index in [-0.39, 0.29) is 22.6 Å². The molecule has 0 saturated carbocycles. The molecule has 5 nitrogen and oxygen atoms in total. The normalized spacial score (nSPS) is 11.9. The molecule has 20 heavy (non-hydrogen) atoms. The molecule has 2 N–H and O–H groups in total. The van der Waals surface area contributed by atoms with Crippen LogP contribution < -0.4 is 15.4 Å². The highest BCUT2D eigenvalue weighted by Gasteiger charge is 2.19. The van der Waals surface area contributed by atoms with Crippen molar-refractivity contribution in [3.8, 4) is 5.75 Å². The molecule has 6 heteroatoms. The Bertz CT molecular complexity index is 503. The summed E-state index contributed by atoms with van der Waals surface area (Å²) < 4.78 is 5.20. The Morgan fingerprint density at radius 3 is 2.40 bits per heavy atom. The molecule has 110 valence electrons. The highest BCUT2D eigenvalue weighted by molar-refractivity contribution is 9.10. The predicted molar refractivity (Wildman–Crippen MR) is 83.5 cm³/mol. The molecule has 2 amide bonds. The van der Waals surface area contributed by atoms with Crippen molar-refractivity contribution in [3.05, 3.63) is 18.2 Å². The minimum Gasteiger partial charge on any atom is -0.494 e. The van der Waals surface area contributed by atoms with Gasteiger partial charge in [0, 0.05) is 18.7 Å². The van der Waals surface area contributed by atoms with Crippen LogP contribution in [0.4, 0.5) is 11.4 Å². The molecular weight excluding hydrogens is 324 g/mol. The third-order valence-electron chi connectivity index (χ3n) is 2.62. The van der Waals surface area contributed by atoms with Crippen LogP contribution in [0.3, 0.4) is 0 Å². The minimum absolute atomic E-state index is 0.116. The van der Waals surface area contributed by atoms with Gasteiger partial charge < -0.3 is 15.4 Å². The van der Waals surface area contributed by atoms with E-state index in [0.717, 1.165) is 0 Å². The zero-order valence-corrected chi connectivity index (χ0v) is 13.6. The largest absolute Gasteiger partial charge is 0.494 e. The maximum absolute atomic E-state index is 11.9. The lowest BCUT2D eigenvalue weighted by Gasteiger charge is -2.15. The van der Waals surface area contributed by atoms with E-state index in [9.17, 15) is 9.59 Å². The van der Waals surface area contributed by atoms with Gasteiger partial charge in [-0.25, -0.2) is 0 Å². The lowest BCUT2D eigenvalue weighted by atomic mass is 10.1. The van der Waals surface area contributed by atoms with Crippen LogP contribution in [0.5, 0.6) is 5.75 Å². The Labute approximate surface area is 127 Å². The molecule has 0 radical (unpaired) electrons. The molecule has 1 rings (SSSR count). The van der Waals surface area contributed by atoms with Crippen LogP contribution in [0.15, 0.2) is 18.2 Å². The van der Waals surface area contributed by atoms with Crippen molar-refractivity contribution >= 4 is 39.1 Å². The molecule has 0 fully saturated rings. The fourth-order valence-corrected chi connectivity index (χ4v) is 1.69. The minimum atomic E-state index is -0.261. The number of anilines is 2. The first-order valence-electron chi connectivity index (χ1n) is 6.25. The smallest absolute Gasteiger partial charge is 0.238 e. The molecule has 0 aliphatic rings. The van der Waals surface area contributed by atoms with Gasteiger partial charge in [-0.1, -0.05) is 29.8 Å². The Kier molecular flexibility index (Phi) is 6.01. The number of hydrogen-bond acceptors (Lipinski definition) is 3. The van der Waals surface area contributed by atoms with Crippen molar-refractivity contribution in [1.29, 1.82) is 0 Å². The van der Waals surface area contributed by atoms with Gasteiger partial charge in [-0.3, -0.25) is 9.59 Å². The number of halogens is 1. The first-order chi connectivity index (χ1) is 9.35. The van der Waals surface area contributed by atoms with E-state index in [1.807, 2.05) is 13.8 Å². The number of amides is 2. The molecule has 0 saturated heterocycles. The second-order valence-electron chi connectivity index (χ2n) is 4.73. The van der Waals surface area contributed by atoms with Gasteiger partial charge >= 0.3 is 0 Å². The van der Waals surface area contributed by atoms with Gasteiger partial charge in [0.15, 0.2) is 0 Å². The van der Waals surface area contributed by atoms with Crippen LogP contribution in [-0.4, -0.2) is 23.8 Å². The summed E-state index contributed by atoms with van der Waals surface area (Å²) in [6, 6.07) is 5.07. The Morgan fingerprint density at radius 2 is 1.90 bits per heavy atom. The summed E-state index contributed by atoms with van der Waals surface area (Å²) in [6.45, 7) is 5.34. The molecule has 0 heterocycles. The molecule has 0 spiro atoms. The van der Waals surface area contributed by atoms with Crippen molar-refractivity contribution in [3.63, 3.8) is 0 Å². The Morgan fingerprint density at radius 1 is 1.25 bits per heavy atom. The molecule has 0 aliphatic heterocycles. The van der Waals surface area contributed by atoms with Crippen molar-refractivity contribution in [1.82, 2.24) is 0 Å². The zero-order valence-electron chi connectivity index (χ0n) is 12.0. The lowest BCUT2D eigenvalue weighted by molar-refractivity contribution is -0.116. The zero-order chi connectivity index (χ0) is 15.3. The lowest BCUT2D eigenvalue weighted by Crippen LogP contribution is -2.27. The summed E-state index contributed by atoms with van der Waals surface area (Å²) in [4.78, 5) is 22.8. The van der Waals surface area contributed by atoms with Crippen molar-refractivity contribution < 1.29 is 14.3 Å². The second-order valence-corrected chi connectivity index (χ2v) is 5.72. The van der Waals surface area contributed by atoms with Crippen LogP contribution in [-0.2, 0) is 9.59 Å². The summed E-state index contributed by atoms with van der Waals surface area (Å²) in [6.07, 6.45) is 0. The summed E-state index contributed by atoms with van der Waals surface area (Å²) in [7, 11) is 1.51. The monoisotopic (exact) mass is 342 g/mol. The number of alkyl halides is 1. The van der Waals surface area contributed by atoms with Crippen molar-refractivity contribution in [2.24, 2.45) is 5.92 Å². The van der Waals surface area contributed by atoms with Gasteiger partial charge in [0.1, 0.15) is 5.75 Å². The van der Waals surface area contributed by atoms with Gasteiger partial charge in [-0.2, -0.15) is 0 Å². The third-order valence-corrected chi connectivity index (χ3v) is 4.09. The number of methoxy groups -OCH3 is 1. The molecular formula is C14H19BrN2O3. The fourth-order valence-electron chi connectivity index (χ4n) is 1.58. The van der Waals surface area contributed by atoms with Gasteiger partial charge in [0.2, 0.25) is 11.8 Å². The van der Waals surface area contributed by atoms with Crippen molar-refractivity contribution in [2.75, 3.05) is 17.7 Å². The van der Waals surface area contributed by atoms with Crippen LogP contribution in [0, 0.1) is 5.92 Å². The predicted octanol–water partition coefficient (Wildman–Crippen LogP) is 3.01. The van der Waals surface area contributed by atoms with E-state index < -0.39 is 0 Å².